The number of H-pyrrole nitrogens is 1. The van der Waals surface area contributed by atoms with Gasteiger partial charge < -0.3 is 9.73 Å². The Labute approximate surface area is 130 Å². The number of aryl methyl sites for hydroxylation is 1. The van der Waals surface area contributed by atoms with E-state index in [9.17, 15) is 4.79 Å². The van der Waals surface area contributed by atoms with Gasteiger partial charge in [-0.3, -0.25) is 4.98 Å². The quantitative estimate of drug-likeness (QED) is 0.762. The summed E-state index contributed by atoms with van der Waals surface area (Å²) in [6, 6.07) is 12.1. The highest BCUT2D eigenvalue weighted by molar-refractivity contribution is 9.10. The summed E-state index contributed by atoms with van der Waals surface area (Å²) in [5.41, 5.74) is 4.67. The van der Waals surface area contributed by atoms with Crippen molar-refractivity contribution in [2.75, 3.05) is 7.05 Å². The van der Waals surface area contributed by atoms with E-state index in [1.807, 2.05) is 25.2 Å². The lowest BCUT2D eigenvalue weighted by atomic mass is 9.98. The molecule has 5 heteroatoms. The van der Waals surface area contributed by atoms with Gasteiger partial charge in [0.1, 0.15) is 0 Å². The highest BCUT2D eigenvalue weighted by Crippen LogP contribution is 2.27. The van der Waals surface area contributed by atoms with Gasteiger partial charge in [0.15, 0.2) is 5.58 Å². The zero-order valence-corrected chi connectivity index (χ0v) is 13.3. The standard InChI is InChI=1S/C16H15BrN2O2/c1-9-3-4-10(7-12(9)17)15(18-2)11-5-6-13-14(8-11)21-16(20)19-13/h3-8,15,18H,1-2H3,(H,19,20). The van der Waals surface area contributed by atoms with Gasteiger partial charge in [-0.15, -0.1) is 0 Å². The Balaban J connectivity index is 2.08. The third-order valence-electron chi connectivity index (χ3n) is 3.60. The highest BCUT2D eigenvalue weighted by Gasteiger charge is 2.14. The first kappa shape index (κ1) is 14.1. The molecule has 0 aliphatic carbocycles. The normalized spacial score (nSPS) is 12.7. The van der Waals surface area contributed by atoms with Gasteiger partial charge in [-0.2, -0.15) is 0 Å². The van der Waals surface area contributed by atoms with Crippen LogP contribution in [0.1, 0.15) is 22.7 Å². The van der Waals surface area contributed by atoms with Crippen molar-refractivity contribution in [3.8, 4) is 0 Å². The first-order valence-corrected chi connectivity index (χ1v) is 7.44. The predicted octanol–water partition coefficient (Wildman–Crippen LogP) is 3.50. The van der Waals surface area contributed by atoms with Crippen LogP contribution in [-0.4, -0.2) is 12.0 Å². The van der Waals surface area contributed by atoms with Crippen molar-refractivity contribution in [2.45, 2.75) is 13.0 Å². The van der Waals surface area contributed by atoms with Crippen LogP contribution in [0.3, 0.4) is 0 Å². The summed E-state index contributed by atoms with van der Waals surface area (Å²) in [6.45, 7) is 2.06. The van der Waals surface area contributed by atoms with E-state index in [-0.39, 0.29) is 6.04 Å². The van der Waals surface area contributed by atoms with E-state index >= 15 is 0 Å². The molecule has 0 aliphatic rings. The van der Waals surface area contributed by atoms with Gasteiger partial charge in [0, 0.05) is 4.47 Å². The summed E-state index contributed by atoms with van der Waals surface area (Å²) in [5.74, 6) is -0.429. The molecule has 4 nitrogen and oxygen atoms in total. The molecule has 0 bridgehead atoms. The molecule has 0 saturated heterocycles. The Morgan fingerprint density at radius 3 is 2.62 bits per heavy atom. The smallest absolute Gasteiger partial charge is 0.408 e. The SMILES string of the molecule is CNC(c1ccc(C)c(Br)c1)c1ccc2[nH]c(=O)oc2c1. The van der Waals surface area contributed by atoms with Crippen LogP contribution in [0.5, 0.6) is 0 Å². The Kier molecular flexibility index (Phi) is 3.69. The lowest BCUT2D eigenvalue weighted by Gasteiger charge is -2.18. The van der Waals surface area contributed by atoms with Crippen LogP contribution in [-0.2, 0) is 0 Å². The van der Waals surface area contributed by atoms with Crippen molar-refractivity contribution in [1.29, 1.82) is 0 Å². The molecule has 1 aromatic heterocycles. The van der Waals surface area contributed by atoms with Gasteiger partial charge in [0.05, 0.1) is 11.6 Å². The van der Waals surface area contributed by atoms with Crippen LogP contribution >= 0.6 is 15.9 Å². The van der Waals surface area contributed by atoms with Crippen molar-refractivity contribution < 1.29 is 4.42 Å². The molecule has 2 aromatic carbocycles. The van der Waals surface area contributed by atoms with E-state index < -0.39 is 5.76 Å². The predicted molar refractivity (Wildman–Crippen MR) is 86.6 cm³/mol. The number of halogens is 1. The van der Waals surface area contributed by atoms with E-state index in [1.165, 1.54) is 5.56 Å². The first-order valence-electron chi connectivity index (χ1n) is 6.64. The minimum absolute atomic E-state index is 0.0338. The summed E-state index contributed by atoms with van der Waals surface area (Å²) in [7, 11) is 1.91. The molecule has 108 valence electrons. The summed E-state index contributed by atoms with van der Waals surface area (Å²) in [4.78, 5) is 13.9. The van der Waals surface area contributed by atoms with Crippen LogP contribution < -0.4 is 11.1 Å². The molecule has 0 aliphatic heterocycles. The average Bonchev–Trinajstić information content (AvgIpc) is 2.83. The summed E-state index contributed by atoms with van der Waals surface area (Å²) >= 11 is 3.57. The number of fused-ring (bicyclic) bond motifs is 1. The second-order valence-corrected chi connectivity index (χ2v) is 5.85. The Morgan fingerprint density at radius 2 is 1.90 bits per heavy atom. The third-order valence-corrected chi connectivity index (χ3v) is 4.45. The van der Waals surface area contributed by atoms with Crippen molar-refractivity contribution in [1.82, 2.24) is 10.3 Å². The van der Waals surface area contributed by atoms with Crippen LogP contribution in [0.2, 0.25) is 0 Å². The molecule has 2 N–H and O–H groups in total. The van der Waals surface area contributed by atoms with Gasteiger partial charge in [-0.1, -0.05) is 34.1 Å². The fourth-order valence-electron chi connectivity index (χ4n) is 2.46. The minimum atomic E-state index is -0.429. The molecule has 0 saturated carbocycles. The maximum Gasteiger partial charge on any atom is 0.417 e. The lowest BCUT2D eigenvalue weighted by molar-refractivity contribution is 0.554. The molecule has 0 radical (unpaired) electrons. The molecular weight excluding hydrogens is 332 g/mol. The second-order valence-electron chi connectivity index (χ2n) is 5.00. The number of hydrogen-bond donors (Lipinski definition) is 2. The number of hydrogen-bond acceptors (Lipinski definition) is 3. The van der Waals surface area contributed by atoms with E-state index in [0.29, 0.717) is 11.1 Å². The number of benzene rings is 2. The highest BCUT2D eigenvalue weighted by atomic mass is 79.9. The van der Waals surface area contributed by atoms with E-state index in [0.717, 1.165) is 15.6 Å². The molecule has 0 spiro atoms. The van der Waals surface area contributed by atoms with Gasteiger partial charge in [-0.25, -0.2) is 4.79 Å². The van der Waals surface area contributed by atoms with Gasteiger partial charge in [0.25, 0.3) is 0 Å². The van der Waals surface area contributed by atoms with E-state index in [1.54, 1.807) is 0 Å². The summed E-state index contributed by atoms with van der Waals surface area (Å²) in [5, 5.41) is 3.30. The Morgan fingerprint density at radius 1 is 1.19 bits per heavy atom. The minimum Gasteiger partial charge on any atom is -0.408 e. The van der Waals surface area contributed by atoms with Crippen LogP contribution in [0, 0.1) is 6.92 Å². The van der Waals surface area contributed by atoms with Gasteiger partial charge in [-0.05, 0) is 48.9 Å². The molecule has 3 aromatic rings. The molecule has 0 fully saturated rings. The zero-order valence-electron chi connectivity index (χ0n) is 11.7. The monoisotopic (exact) mass is 346 g/mol. The third kappa shape index (κ3) is 2.66. The molecule has 1 unspecified atom stereocenters. The van der Waals surface area contributed by atoms with Crippen LogP contribution in [0.4, 0.5) is 0 Å². The maximum atomic E-state index is 11.2. The molecule has 0 amide bonds. The lowest BCUT2D eigenvalue weighted by Crippen LogP contribution is -2.17. The average molecular weight is 347 g/mol. The fourth-order valence-corrected chi connectivity index (χ4v) is 2.85. The maximum absolute atomic E-state index is 11.2. The topological polar surface area (TPSA) is 58.0 Å². The Hall–Kier alpha value is -1.85. The number of nitrogens with one attached hydrogen (secondary N) is 2. The second kappa shape index (κ2) is 5.50. The summed E-state index contributed by atoms with van der Waals surface area (Å²) in [6.07, 6.45) is 0. The van der Waals surface area contributed by atoms with Crippen LogP contribution in [0.25, 0.3) is 11.1 Å². The molecule has 3 rings (SSSR count). The van der Waals surface area contributed by atoms with Crippen LogP contribution in [0.15, 0.2) is 50.1 Å². The number of rotatable bonds is 3. The van der Waals surface area contributed by atoms with Gasteiger partial charge in [0.2, 0.25) is 0 Å². The van der Waals surface area contributed by atoms with Crippen molar-refractivity contribution in [3.63, 3.8) is 0 Å². The zero-order chi connectivity index (χ0) is 15.0. The number of oxazole rings is 1. The van der Waals surface area contributed by atoms with Crippen molar-refractivity contribution >= 4 is 27.0 Å². The number of aromatic nitrogens is 1. The van der Waals surface area contributed by atoms with E-state index in [2.05, 4.69) is 51.4 Å². The number of aromatic amines is 1. The fraction of sp³-hybridized carbons (Fsp3) is 0.188. The molecule has 1 atom stereocenters. The van der Waals surface area contributed by atoms with Gasteiger partial charge >= 0.3 is 5.76 Å². The van der Waals surface area contributed by atoms with Crippen molar-refractivity contribution in [3.05, 3.63) is 68.1 Å². The Bertz CT molecular complexity index is 851. The molecular formula is C16H15BrN2O2. The molecule has 1 heterocycles. The summed E-state index contributed by atoms with van der Waals surface area (Å²) < 4.78 is 6.21. The van der Waals surface area contributed by atoms with Crippen molar-refractivity contribution in [2.24, 2.45) is 0 Å². The first-order chi connectivity index (χ1) is 10.1. The van der Waals surface area contributed by atoms with E-state index in [4.69, 9.17) is 4.42 Å². The largest absolute Gasteiger partial charge is 0.417 e. The molecule has 21 heavy (non-hydrogen) atoms.